The lowest BCUT2D eigenvalue weighted by atomic mass is 9.70. The van der Waals surface area contributed by atoms with Gasteiger partial charge in [-0.15, -0.1) is 0 Å². The van der Waals surface area contributed by atoms with Crippen LogP contribution < -0.4 is 5.32 Å². The van der Waals surface area contributed by atoms with Crippen LogP contribution in [-0.2, 0) is 25.3 Å². The summed E-state index contributed by atoms with van der Waals surface area (Å²) in [5.74, 6) is -0.980. The normalized spacial score (nSPS) is 23.8. The Bertz CT molecular complexity index is 586. The molecule has 2 heterocycles. The van der Waals surface area contributed by atoms with Crippen LogP contribution in [0.15, 0.2) is 12.3 Å². The molecule has 0 radical (unpaired) electrons. The summed E-state index contributed by atoms with van der Waals surface area (Å²) in [7, 11) is 1.27. The fourth-order valence-electron chi connectivity index (χ4n) is 2.71. The van der Waals surface area contributed by atoms with Crippen LogP contribution >= 0.6 is 11.6 Å². The van der Waals surface area contributed by atoms with Crippen LogP contribution in [-0.4, -0.2) is 24.0 Å². The maximum absolute atomic E-state index is 12.6. The van der Waals surface area contributed by atoms with Crippen LogP contribution in [0.3, 0.4) is 0 Å². The number of nitrogens with zero attached hydrogens (tertiary/aromatic N) is 1. The third-order valence-electron chi connectivity index (χ3n) is 3.78. The van der Waals surface area contributed by atoms with Crippen molar-refractivity contribution in [1.29, 1.82) is 0 Å². The number of nitrogens with one attached hydrogen (secondary N) is 1. The first-order valence-electron chi connectivity index (χ1n) is 6.37. The Kier molecular flexibility index (Phi) is 3.50. The molecule has 1 aliphatic rings. The monoisotopic (exact) mass is 296 g/mol. The van der Waals surface area contributed by atoms with E-state index in [4.69, 9.17) is 16.3 Å². The van der Waals surface area contributed by atoms with Gasteiger partial charge in [0.15, 0.2) is 5.41 Å². The largest absolute Gasteiger partial charge is 0.468 e. The molecule has 1 aromatic rings. The fourth-order valence-corrected chi connectivity index (χ4v) is 2.86. The average Bonchev–Trinajstić information content (AvgIpc) is 2.38. The quantitative estimate of drug-likeness (QED) is 0.669. The first-order chi connectivity index (χ1) is 9.29. The first kappa shape index (κ1) is 14.8. The van der Waals surface area contributed by atoms with E-state index in [1.54, 1.807) is 13.0 Å². The van der Waals surface area contributed by atoms with Crippen LogP contribution in [0.2, 0.25) is 5.02 Å². The van der Waals surface area contributed by atoms with E-state index in [0.29, 0.717) is 16.3 Å². The van der Waals surface area contributed by atoms with Gasteiger partial charge < -0.3 is 10.1 Å². The van der Waals surface area contributed by atoms with Crippen molar-refractivity contribution in [2.75, 3.05) is 7.11 Å². The number of amides is 1. The van der Waals surface area contributed by atoms with Crippen molar-refractivity contribution >= 4 is 23.5 Å². The van der Waals surface area contributed by atoms with Gasteiger partial charge in [-0.3, -0.25) is 14.6 Å². The molecule has 1 unspecified atom stereocenters. The fraction of sp³-hybridized carbons (Fsp3) is 0.500. The molecule has 1 aliphatic heterocycles. The number of ether oxygens (including phenoxy) is 1. The summed E-state index contributed by atoms with van der Waals surface area (Å²) in [6.45, 7) is 5.43. The van der Waals surface area contributed by atoms with E-state index in [9.17, 15) is 9.59 Å². The van der Waals surface area contributed by atoms with Gasteiger partial charge in [-0.2, -0.15) is 0 Å². The Morgan fingerprint density at radius 2 is 2.15 bits per heavy atom. The molecule has 0 saturated carbocycles. The third-order valence-corrected chi connectivity index (χ3v) is 3.99. The molecular formula is C14H17ClN2O3. The zero-order chi connectivity index (χ0) is 15.1. The predicted molar refractivity (Wildman–Crippen MR) is 74.4 cm³/mol. The number of aromatic nitrogens is 1. The van der Waals surface area contributed by atoms with E-state index in [0.717, 1.165) is 0 Å². The average molecular weight is 297 g/mol. The number of methoxy groups -OCH3 is 1. The topological polar surface area (TPSA) is 68.3 Å². The van der Waals surface area contributed by atoms with Crippen molar-refractivity contribution in [1.82, 2.24) is 10.3 Å². The zero-order valence-electron chi connectivity index (χ0n) is 11.9. The van der Waals surface area contributed by atoms with Gasteiger partial charge in [0.1, 0.15) is 0 Å². The van der Waals surface area contributed by atoms with Gasteiger partial charge in [-0.05, 0) is 26.3 Å². The first-order valence-corrected chi connectivity index (χ1v) is 6.75. The highest BCUT2D eigenvalue weighted by Crippen LogP contribution is 2.41. The van der Waals surface area contributed by atoms with Gasteiger partial charge in [-0.1, -0.05) is 18.5 Å². The van der Waals surface area contributed by atoms with E-state index in [-0.39, 0.29) is 12.3 Å². The number of esters is 1. The smallest absolute Gasteiger partial charge is 0.325 e. The lowest BCUT2D eigenvalue weighted by Gasteiger charge is -2.41. The molecule has 20 heavy (non-hydrogen) atoms. The molecule has 0 saturated heterocycles. The van der Waals surface area contributed by atoms with Crippen molar-refractivity contribution in [3.05, 3.63) is 28.5 Å². The maximum atomic E-state index is 12.6. The predicted octanol–water partition coefficient (Wildman–Crippen LogP) is 1.92. The summed E-state index contributed by atoms with van der Waals surface area (Å²) >= 11 is 6.00. The second-order valence-electron chi connectivity index (χ2n) is 5.38. The lowest BCUT2D eigenvalue weighted by Crippen LogP contribution is -2.60. The number of rotatable bonds is 2. The number of carbonyl (C=O) groups excluding carboxylic acids is 2. The maximum Gasteiger partial charge on any atom is 0.325 e. The molecule has 0 spiro atoms. The van der Waals surface area contributed by atoms with E-state index < -0.39 is 16.9 Å². The summed E-state index contributed by atoms with van der Waals surface area (Å²) in [6.07, 6.45) is 1.79. The Morgan fingerprint density at radius 3 is 2.70 bits per heavy atom. The molecule has 1 N–H and O–H groups in total. The van der Waals surface area contributed by atoms with Crippen molar-refractivity contribution in [2.24, 2.45) is 0 Å². The molecule has 1 amide bonds. The summed E-state index contributed by atoms with van der Waals surface area (Å²) in [6, 6.07) is 1.63. The minimum absolute atomic E-state index is 0.274. The standard InChI is InChI=1S/C14H17ClN2O3/c1-5-14(12(19)20-4)9-6-8(15)7-16-10(9)13(2,3)17-11(14)18/h6-7H,5H2,1-4H3,(H,17,18). The highest BCUT2D eigenvalue weighted by Gasteiger charge is 2.55. The van der Waals surface area contributed by atoms with Crippen molar-refractivity contribution in [3.63, 3.8) is 0 Å². The Labute approximate surface area is 122 Å². The van der Waals surface area contributed by atoms with Gasteiger partial charge in [0.05, 0.1) is 23.4 Å². The second kappa shape index (κ2) is 4.74. The zero-order valence-corrected chi connectivity index (χ0v) is 12.7. The number of hydrogen-bond acceptors (Lipinski definition) is 4. The molecule has 0 fully saturated rings. The highest BCUT2D eigenvalue weighted by atomic mass is 35.5. The molecule has 5 nitrogen and oxygen atoms in total. The van der Waals surface area contributed by atoms with Gasteiger partial charge in [0.25, 0.3) is 0 Å². The Hall–Kier alpha value is -1.62. The number of carbonyl (C=O) groups is 2. The van der Waals surface area contributed by atoms with E-state index in [1.807, 2.05) is 13.8 Å². The Morgan fingerprint density at radius 1 is 1.50 bits per heavy atom. The van der Waals surface area contributed by atoms with Gasteiger partial charge >= 0.3 is 5.97 Å². The van der Waals surface area contributed by atoms with E-state index >= 15 is 0 Å². The molecule has 0 aromatic carbocycles. The SMILES string of the molecule is CCC1(C(=O)OC)C(=O)NC(C)(C)c2ncc(Cl)cc21. The van der Waals surface area contributed by atoms with Gasteiger partial charge in [-0.25, -0.2) is 0 Å². The van der Waals surface area contributed by atoms with E-state index in [2.05, 4.69) is 10.3 Å². The number of hydrogen-bond donors (Lipinski definition) is 1. The molecule has 0 aliphatic carbocycles. The van der Waals surface area contributed by atoms with E-state index in [1.165, 1.54) is 13.3 Å². The molecule has 108 valence electrons. The van der Waals surface area contributed by atoms with Crippen molar-refractivity contribution in [2.45, 2.75) is 38.1 Å². The molecular weight excluding hydrogens is 280 g/mol. The number of halogens is 1. The van der Waals surface area contributed by atoms with Gasteiger partial charge in [0, 0.05) is 11.8 Å². The molecule has 1 aromatic heterocycles. The molecule has 2 rings (SSSR count). The summed E-state index contributed by atoms with van der Waals surface area (Å²) in [5, 5.41) is 3.23. The molecule has 6 heteroatoms. The number of fused-ring (bicyclic) bond motifs is 1. The molecule has 1 atom stereocenters. The van der Waals surface area contributed by atoms with Crippen LogP contribution in [0.1, 0.15) is 38.4 Å². The third kappa shape index (κ3) is 1.88. The van der Waals surface area contributed by atoms with Crippen LogP contribution in [0.4, 0.5) is 0 Å². The van der Waals surface area contributed by atoms with Crippen molar-refractivity contribution < 1.29 is 14.3 Å². The highest BCUT2D eigenvalue weighted by molar-refractivity contribution is 6.30. The van der Waals surface area contributed by atoms with Crippen molar-refractivity contribution in [3.8, 4) is 0 Å². The Balaban J connectivity index is 2.80. The summed E-state index contributed by atoms with van der Waals surface area (Å²) in [5.41, 5.74) is -0.900. The molecule has 0 bridgehead atoms. The number of pyridine rings is 1. The minimum atomic E-state index is -1.39. The second-order valence-corrected chi connectivity index (χ2v) is 5.82. The summed E-state index contributed by atoms with van der Waals surface area (Å²) in [4.78, 5) is 29.1. The van der Waals surface area contributed by atoms with Crippen LogP contribution in [0.5, 0.6) is 0 Å². The van der Waals surface area contributed by atoms with Crippen LogP contribution in [0.25, 0.3) is 0 Å². The van der Waals surface area contributed by atoms with Gasteiger partial charge in [0.2, 0.25) is 5.91 Å². The summed E-state index contributed by atoms with van der Waals surface area (Å²) < 4.78 is 4.85. The van der Waals surface area contributed by atoms with Crippen LogP contribution in [0, 0.1) is 0 Å². The lowest BCUT2D eigenvalue weighted by molar-refractivity contribution is -0.154. The minimum Gasteiger partial charge on any atom is -0.468 e.